The molecule has 6 rings (SSSR count). The predicted octanol–water partition coefficient (Wildman–Crippen LogP) is 21.4. The third kappa shape index (κ3) is 18.2. The Bertz CT molecular complexity index is 1180. The Balaban J connectivity index is 1.65. The molecule has 0 bridgehead atoms. The van der Waals surface area contributed by atoms with E-state index >= 15 is 9.59 Å². The molecule has 412 valence electrons. The minimum absolute atomic E-state index is 0.0819. The van der Waals surface area contributed by atoms with E-state index in [0.717, 1.165) is 51.4 Å². The monoisotopic (exact) mass is 1010 g/mol. The number of carbonyl (C=O) groups is 2. The fourth-order valence-corrected chi connectivity index (χ4v) is 21.0. The van der Waals surface area contributed by atoms with E-state index < -0.39 is 22.8 Å². The zero-order valence-corrected chi connectivity index (χ0v) is 48.0. The maximum atomic E-state index is 16.0. The maximum absolute atomic E-state index is 16.0. The second-order valence-corrected chi connectivity index (χ2v) is 27.8. The summed E-state index contributed by atoms with van der Waals surface area (Å²) in [4.78, 5) is 32.0. The number of aliphatic carboxylic acids is 2. The normalized spacial score (nSPS) is 26.6. The zero-order chi connectivity index (χ0) is 49.7. The van der Waals surface area contributed by atoms with Crippen molar-refractivity contribution in [3.8, 4) is 0 Å². The standard InChI is InChI=1S/C66H119O4P/c67-63(68)65(57-47-35-23-11-3-12-24-36-48-57,58-49-37-25-13-4-14-26-38-50-58)61(55-43-31-19-7-1-8-20-32-44-55)71-62(56-45-33-21-9-2-10-22-34-46-56)66(64(69)70,59-51-39-27-15-5-16-28-40-52-59)60-53-41-29-17-6-18-30-42-54-60/h55-62,71H,1-54H2,(H,67,68)(H,69,70). The highest BCUT2D eigenvalue weighted by molar-refractivity contribution is 7.40. The molecule has 6 aliphatic rings. The van der Waals surface area contributed by atoms with Crippen LogP contribution < -0.4 is 0 Å². The molecule has 0 aliphatic heterocycles. The van der Waals surface area contributed by atoms with Gasteiger partial charge in [0.25, 0.3) is 0 Å². The summed E-state index contributed by atoms with van der Waals surface area (Å²) in [6.45, 7) is 0. The van der Waals surface area contributed by atoms with Gasteiger partial charge < -0.3 is 10.2 Å². The molecular weight excluding hydrogens is 888 g/mol. The van der Waals surface area contributed by atoms with Crippen LogP contribution in [-0.2, 0) is 9.59 Å². The van der Waals surface area contributed by atoms with Gasteiger partial charge in [-0.25, -0.2) is 0 Å². The predicted molar refractivity (Wildman–Crippen MR) is 306 cm³/mol. The molecule has 0 aromatic carbocycles. The molecule has 6 aliphatic carbocycles. The number of hydrogen-bond donors (Lipinski definition) is 2. The topological polar surface area (TPSA) is 74.6 Å². The molecule has 6 fully saturated rings. The molecule has 2 atom stereocenters. The first kappa shape index (κ1) is 59.6. The third-order valence-corrected chi connectivity index (χ3v) is 24.1. The Kier molecular flexibility index (Phi) is 29.3. The van der Waals surface area contributed by atoms with Gasteiger partial charge >= 0.3 is 11.9 Å². The summed E-state index contributed by atoms with van der Waals surface area (Å²) in [5.74, 6) is 0.758. The highest BCUT2D eigenvalue weighted by Gasteiger charge is 2.62. The molecule has 0 aromatic rings. The molecule has 2 N–H and O–H groups in total. The Hall–Kier alpha value is -0.630. The number of carboxylic acids is 2. The number of rotatable bonds is 12. The van der Waals surface area contributed by atoms with Crippen molar-refractivity contribution in [2.24, 2.45) is 46.3 Å². The highest BCUT2D eigenvalue weighted by atomic mass is 31.1. The molecule has 71 heavy (non-hydrogen) atoms. The van der Waals surface area contributed by atoms with Crippen molar-refractivity contribution >= 4 is 20.5 Å². The fourth-order valence-electron chi connectivity index (χ4n) is 17.7. The van der Waals surface area contributed by atoms with Crippen LogP contribution in [0.4, 0.5) is 0 Å². The Morgan fingerprint density at radius 3 is 0.549 bits per heavy atom. The summed E-state index contributed by atoms with van der Waals surface area (Å²) in [6.07, 6.45) is 66.7. The molecular formula is C66H119O4P. The van der Waals surface area contributed by atoms with Gasteiger partial charge in [-0.05, 0) is 124 Å². The molecule has 4 nitrogen and oxygen atoms in total. The Labute approximate surface area is 442 Å². The van der Waals surface area contributed by atoms with Gasteiger partial charge in [-0.1, -0.05) is 270 Å². The summed E-state index contributed by atoms with van der Waals surface area (Å²) in [7, 11) is 0.453. The largest absolute Gasteiger partial charge is 0.481 e. The van der Waals surface area contributed by atoms with Crippen LogP contribution in [-0.4, -0.2) is 33.5 Å². The van der Waals surface area contributed by atoms with Gasteiger partial charge in [-0.15, -0.1) is 8.58 Å². The minimum atomic E-state index is -0.781. The summed E-state index contributed by atoms with van der Waals surface area (Å²) in [5, 5.41) is 26.3. The van der Waals surface area contributed by atoms with E-state index in [2.05, 4.69) is 0 Å². The summed E-state index contributed by atoms with van der Waals surface area (Å²) in [6, 6.07) is 0. The van der Waals surface area contributed by atoms with E-state index in [1.54, 1.807) is 0 Å². The molecule has 6 saturated carbocycles. The summed E-state index contributed by atoms with van der Waals surface area (Å²) >= 11 is 0. The fraction of sp³-hybridized carbons (Fsp3) is 0.970. The van der Waals surface area contributed by atoms with Crippen molar-refractivity contribution in [1.82, 2.24) is 0 Å². The summed E-state index contributed by atoms with van der Waals surface area (Å²) in [5.41, 5.74) is -1.40. The zero-order valence-electron chi connectivity index (χ0n) is 47.0. The van der Waals surface area contributed by atoms with Crippen molar-refractivity contribution in [2.45, 2.75) is 358 Å². The third-order valence-electron chi connectivity index (χ3n) is 21.5. The first-order chi connectivity index (χ1) is 35.0. The van der Waals surface area contributed by atoms with E-state index in [1.165, 1.54) is 295 Å². The van der Waals surface area contributed by atoms with Crippen LogP contribution in [0.15, 0.2) is 0 Å². The van der Waals surface area contributed by atoms with Crippen molar-refractivity contribution in [2.75, 3.05) is 0 Å². The first-order valence-corrected chi connectivity index (χ1v) is 34.4. The molecule has 0 radical (unpaired) electrons. The second kappa shape index (κ2) is 34.9. The molecule has 2 unspecified atom stereocenters. The lowest BCUT2D eigenvalue weighted by atomic mass is 9.56. The number of hydrogen-bond acceptors (Lipinski definition) is 2. The molecule has 0 amide bonds. The molecule has 5 heteroatoms. The highest BCUT2D eigenvalue weighted by Crippen LogP contribution is 2.65. The lowest BCUT2D eigenvalue weighted by molar-refractivity contribution is -0.161. The quantitative estimate of drug-likeness (QED) is 0.191. The Morgan fingerprint density at radius 2 is 0.394 bits per heavy atom. The van der Waals surface area contributed by atoms with E-state index in [0.29, 0.717) is 20.4 Å². The van der Waals surface area contributed by atoms with Crippen LogP contribution in [0.5, 0.6) is 0 Å². The van der Waals surface area contributed by atoms with Crippen LogP contribution in [0.2, 0.25) is 0 Å². The van der Waals surface area contributed by atoms with Crippen LogP contribution in [0.1, 0.15) is 347 Å². The van der Waals surface area contributed by atoms with Gasteiger partial charge in [0.15, 0.2) is 0 Å². The van der Waals surface area contributed by atoms with Gasteiger partial charge in [0.2, 0.25) is 0 Å². The lowest BCUT2D eigenvalue weighted by Crippen LogP contribution is -2.59. The number of carboxylic acid groups (broad SMARTS) is 2. The van der Waals surface area contributed by atoms with Crippen molar-refractivity contribution in [3.05, 3.63) is 0 Å². The van der Waals surface area contributed by atoms with Crippen molar-refractivity contribution < 1.29 is 19.8 Å². The SMILES string of the molecule is O=C(O)C(C1CCCCCCCCC1)(C1CCCCCCCCC1)C(PC(C1CCCCCCCCC1)C(C(=O)O)(C1CCCCCCCCC1)C1CCCCCCCCC1)C1CCCCCCCCC1. The molecule has 0 spiro atoms. The first-order valence-electron chi connectivity index (χ1n) is 33.2. The molecule has 0 saturated heterocycles. The van der Waals surface area contributed by atoms with Crippen molar-refractivity contribution in [1.29, 1.82) is 0 Å². The van der Waals surface area contributed by atoms with Crippen LogP contribution >= 0.6 is 8.58 Å². The maximum Gasteiger partial charge on any atom is 0.310 e. The summed E-state index contributed by atoms with van der Waals surface area (Å²) < 4.78 is 0. The smallest absolute Gasteiger partial charge is 0.310 e. The van der Waals surface area contributed by atoms with Gasteiger partial charge in [0, 0.05) is 0 Å². The van der Waals surface area contributed by atoms with E-state index in [-0.39, 0.29) is 35.0 Å². The van der Waals surface area contributed by atoms with Gasteiger partial charge in [0.05, 0.1) is 10.8 Å². The van der Waals surface area contributed by atoms with Crippen LogP contribution in [0, 0.1) is 46.3 Å². The van der Waals surface area contributed by atoms with Gasteiger partial charge in [-0.3, -0.25) is 9.59 Å². The average molecular weight is 1010 g/mol. The van der Waals surface area contributed by atoms with Crippen LogP contribution in [0.25, 0.3) is 0 Å². The molecule has 0 heterocycles. The Morgan fingerprint density at radius 1 is 0.254 bits per heavy atom. The van der Waals surface area contributed by atoms with E-state index in [9.17, 15) is 10.2 Å². The van der Waals surface area contributed by atoms with Gasteiger partial charge in [-0.2, -0.15) is 0 Å². The average Bonchev–Trinajstić information content (AvgIpc) is 3.39. The van der Waals surface area contributed by atoms with Crippen LogP contribution in [0.3, 0.4) is 0 Å². The van der Waals surface area contributed by atoms with Gasteiger partial charge in [0.1, 0.15) is 0 Å². The lowest BCUT2D eigenvalue weighted by Gasteiger charge is -2.57. The van der Waals surface area contributed by atoms with Crippen molar-refractivity contribution in [3.63, 3.8) is 0 Å². The molecule has 0 aromatic heterocycles. The minimum Gasteiger partial charge on any atom is -0.481 e. The second-order valence-electron chi connectivity index (χ2n) is 26.2. The van der Waals surface area contributed by atoms with E-state index in [1.807, 2.05) is 0 Å². The van der Waals surface area contributed by atoms with E-state index in [4.69, 9.17) is 0 Å².